The predicted octanol–water partition coefficient (Wildman–Crippen LogP) is 1.72. The molecule has 18 heavy (non-hydrogen) atoms. The van der Waals surface area contributed by atoms with Gasteiger partial charge in [0.15, 0.2) is 0 Å². The summed E-state index contributed by atoms with van der Waals surface area (Å²) in [6.45, 7) is 9.31. The van der Waals surface area contributed by atoms with Crippen molar-refractivity contribution in [1.29, 1.82) is 0 Å². The van der Waals surface area contributed by atoms with E-state index in [2.05, 4.69) is 0 Å². The largest absolute Gasteiger partial charge is 0.444 e. The Morgan fingerprint density at radius 1 is 1.28 bits per heavy atom. The Balaban J connectivity index is 2.84. The number of likely N-dealkylation sites (tertiary alicyclic amines) is 1. The second-order valence-corrected chi connectivity index (χ2v) is 6.30. The van der Waals surface area contributed by atoms with Crippen LogP contribution in [0.25, 0.3) is 0 Å². The van der Waals surface area contributed by atoms with Gasteiger partial charge in [0.1, 0.15) is 11.8 Å². The van der Waals surface area contributed by atoms with Crippen LogP contribution in [0.3, 0.4) is 0 Å². The lowest BCUT2D eigenvalue weighted by atomic mass is 9.90. The maximum atomic E-state index is 12.1. The van der Waals surface area contributed by atoms with Gasteiger partial charge < -0.3 is 14.9 Å². The summed E-state index contributed by atoms with van der Waals surface area (Å²) in [5.74, 6) is 0.155. The average Bonchev–Trinajstić information content (AvgIpc) is 2.12. The minimum absolute atomic E-state index is 0.155. The number of amides is 1. The second-order valence-electron chi connectivity index (χ2n) is 6.30. The molecule has 5 heteroatoms. The van der Waals surface area contributed by atoms with Crippen molar-refractivity contribution in [3.63, 3.8) is 0 Å². The fourth-order valence-electron chi connectivity index (χ4n) is 2.23. The molecule has 0 aromatic carbocycles. The number of carbonyl (C=O) groups is 1. The summed E-state index contributed by atoms with van der Waals surface area (Å²) in [5, 5.41) is 19.7. The molecule has 0 radical (unpaired) electrons. The van der Waals surface area contributed by atoms with Crippen molar-refractivity contribution < 1.29 is 19.7 Å². The first kappa shape index (κ1) is 15.2. The highest BCUT2D eigenvalue weighted by molar-refractivity contribution is 5.69. The van der Waals surface area contributed by atoms with E-state index in [9.17, 15) is 15.0 Å². The van der Waals surface area contributed by atoms with Crippen LogP contribution in [-0.2, 0) is 4.74 Å². The number of piperidine rings is 1. The van der Waals surface area contributed by atoms with Crippen LogP contribution in [0.5, 0.6) is 0 Å². The van der Waals surface area contributed by atoms with E-state index >= 15 is 0 Å². The van der Waals surface area contributed by atoms with Crippen LogP contribution in [0, 0.1) is 5.92 Å². The first-order valence-electron chi connectivity index (χ1n) is 6.49. The number of nitrogens with zero attached hydrogens (tertiary/aromatic N) is 1. The third-order valence-corrected chi connectivity index (χ3v) is 3.05. The van der Waals surface area contributed by atoms with Crippen molar-refractivity contribution in [2.24, 2.45) is 5.92 Å². The first-order valence-corrected chi connectivity index (χ1v) is 6.49. The van der Waals surface area contributed by atoms with Crippen LogP contribution in [0.15, 0.2) is 0 Å². The molecule has 0 aromatic heterocycles. The third-order valence-electron chi connectivity index (χ3n) is 3.05. The monoisotopic (exact) mass is 259 g/mol. The zero-order valence-electron chi connectivity index (χ0n) is 11.9. The molecular formula is C13H25NO4. The summed E-state index contributed by atoms with van der Waals surface area (Å²) in [6, 6.07) is -0.196. The molecule has 106 valence electrons. The van der Waals surface area contributed by atoms with Crippen LogP contribution in [0.2, 0.25) is 0 Å². The molecule has 0 unspecified atom stereocenters. The highest BCUT2D eigenvalue weighted by Crippen LogP contribution is 2.28. The molecule has 1 aliphatic heterocycles. The summed E-state index contributed by atoms with van der Waals surface area (Å²) in [7, 11) is 0. The molecule has 3 atom stereocenters. The van der Waals surface area contributed by atoms with Gasteiger partial charge in [0.05, 0.1) is 6.10 Å². The zero-order valence-corrected chi connectivity index (χ0v) is 11.9. The van der Waals surface area contributed by atoms with E-state index in [1.165, 1.54) is 4.90 Å². The van der Waals surface area contributed by atoms with E-state index in [1.807, 2.05) is 13.8 Å². The summed E-state index contributed by atoms with van der Waals surface area (Å²) >= 11 is 0. The van der Waals surface area contributed by atoms with E-state index < -0.39 is 24.0 Å². The fourth-order valence-corrected chi connectivity index (χ4v) is 2.23. The van der Waals surface area contributed by atoms with Crippen LogP contribution in [0.4, 0.5) is 4.79 Å². The zero-order chi connectivity index (χ0) is 14.1. The van der Waals surface area contributed by atoms with Crippen LogP contribution < -0.4 is 0 Å². The predicted molar refractivity (Wildman–Crippen MR) is 67.9 cm³/mol. The van der Waals surface area contributed by atoms with Crippen LogP contribution >= 0.6 is 0 Å². The minimum Gasteiger partial charge on any atom is -0.444 e. The molecule has 5 nitrogen and oxygen atoms in total. The summed E-state index contributed by atoms with van der Waals surface area (Å²) in [4.78, 5) is 13.5. The molecule has 0 spiro atoms. The fraction of sp³-hybridized carbons (Fsp3) is 0.923. The molecule has 0 saturated carbocycles. The van der Waals surface area contributed by atoms with Crippen LogP contribution in [0.1, 0.15) is 47.5 Å². The Hall–Kier alpha value is -0.810. The normalized spacial score (nSPS) is 29.6. The Morgan fingerprint density at radius 3 is 2.28 bits per heavy atom. The lowest BCUT2D eigenvalue weighted by molar-refractivity contribution is -0.105. The van der Waals surface area contributed by atoms with Crippen molar-refractivity contribution in [1.82, 2.24) is 4.90 Å². The lowest BCUT2D eigenvalue weighted by Crippen LogP contribution is -2.56. The van der Waals surface area contributed by atoms with E-state index in [0.29, 0.717) is 6.42 Å². The van der Waals surface area contributed by atoms with Crippen molar-refractivity contribution in [3.05, 3.63) is 0 Å². The Bertz CT molecular complexity index is 298. The standard InChI is InChI=1S/C13H25NO4/c1-8(2)10-6-9(15)7-11(16)14(10)12(17)18-13(3,4)5/h8-11,15-16H,6-7H2,1-5H3/t9-,10-,11-/m1/s1. The second kappa shape index (κ2) is 5.45. The number of aliphatic hydroxyl groups is 2. The molecule has 2 N–H and O–H groups in total. The maximum absolute atomic E-state index is 12.1. The van der Waals surface area contributed by atoms with E-state index in [0.717, 1.165) is 0 Å². The number of hydrogen-bond acceptors (Lipinski definition) is 4. The van der Waals surface area contributed by atoms with Crippen molar-refractivity contribution in [2.75, 3.05) is 0 Å². The van der Waals surface area contributed by atoms with Crippen molar-refractivity contribution in [3.8, 4) is 0 Å². The summed E-state index contributed by atoms with van der Waals surface area (Å²) < 4.78 is 5.31. The highest BCUT2D eigenvalue weighted by Gasteiger charge is 2.40. The van der Waals surface area contributed by atoms with Gasteiger partial charge in [-0.1, -0.05) is 13.8 Å². The van der Waals surface area contributed by atoms with Gasteiger partial charge in [-0.3, -0.25) is 4.90 Å². The smallest absolute Gasteiger partial charge is 0.412 e. The number of aliphatic hydroxyl groups excluding tert-OH is 2. The molecule has 0 bridgehead atoms. The van der Waals surface area contributed by atoms with Gasteiger partial charge in [-0.25, -0.2) is 4.79 Å². The van der Waals surface area contributed by atoms with Gasteiger partial charge in [-0.15, -0.1) is 0 Å². The Labute approximate surface area is 109 Å². The van der Waals surface area contributed by atoms with E-state index in [1.54, 1.807) is 20.8 Å². The maximum Gasteiger partial charge on any atom is 0.412 e. The van der Waals surface area contributed by atoms with E-state index in [-0.39, 0.29) is 18.4 Å². The molecule has 1 saturated heterocycles. The molecule has 0 aromatic rings. The molecule has 0 aliphatic carbocycles. The number of ether oxygens (including phenoxy) is 1. The van der Waals surface area contributed by atoms with Gasteiger partial charge in [0, 0.05) is 12.5 Å². The van der Waals surface area contributed by atoms with Gasteiger partial charge in [0.2, 0.25) is 0 Å². The van der Waals surface area contributed by atoms with Crippen LogP contribution in [-0.4, -0.2) is 45.2 Å². The van der Waals surface area contributed by atoms with Gasteiger partial charge in [-0.2, -0.15) is 0 Å². The highest BCUT2D eigenvalue weighted by atomic mass is 16.6. The molecule has 1 aliphatic rings. The summed E-state index contributed by atoms with van der Waals surface area (Å²) in [5.41, 5.74) is -0.589. The Morgan fingerprint density at radius 2 is 1.83 bits per heavy atom. The topological polar surface area (TPSA) is 70.0 Å². The van der Waals surface area contributed by atoms with Gasteiger partial charge >= 0.3 is 6.09 Å². The lowest BCUT2D eigenvalue weighted by Gasteiger charge is -2.43. The first-order chi connectivity index (χ1) is 8.11. The Kier molecular flexibility index (Phi) is 4.61. The SMILES string of the molecule is CC(C)[C@H]1C[C@@H](O)C[C@@H](O)N1C(=O)OC(C)(C)C. The molecule has 1 amide bonds. The number of carbonyl (C=O) groups excluding carboxylic acids is 1. The van der Waals surface area contributed by atoms with Crippen molar-refractivity contribution in [2.45, 2.75) is 71.4 Å². The molecular weight excluding hydrogens is 234 g/mol. The molecule has 1 heterocycles. The molecule has 1 rings (SSSR count). The molecule has 1 fully saturated rings. The summed E-state index contributed by atoms with van der Waals surface area (Å²) in [6.07, 6.45) is -1.39. The average molecular weight is 259 g/mol. The van der Waals surface area contributed by atoms with E-state index in [4.69, 9.17) is 4.74 Å². The quantitative estimate of drug-likeness (QED) is 0.752. The van der Waals surface area contributed by atoms with Gasteiger partial charge in [0.25, 0.3) is 0 Å². The minimum atomic E-state index is -0.976. The number of hydrogen-bond donors (Lipinski definition) is 2. The van der Waals surface area contributed by atoms with Gasteiger partial charge in [-0.05, 0) is 33.1 Å². The third kappa shape index (κ3) is 3.85. The number of rotatable bonds is 1. The van der Waals surface area contributed by atoms with Crippen molar-refractivity contribution >= 4 is 6.09 Å².